The predicted molar refractivity (Wildman–Crippen MR) is 134 cm³/mol. The van der Waals surface area contributed by atoms with E-state index in [1.54, 1.807) is 0 Å². The molecule has 0 rings (SSSR count). The van der Waals surface area contributed by atoms with E-state index in [2.05, 4.69) is 13.8 Å². The van der Waals surface area contributed by atoms with Crippen molar-refractivity contribution in [2.45, 2.75) is 141 Å². The number of esters is 1. The van der Waals surface area contributed by atoms with Crippen molar-refractivity contribution in [2.24, 2.45) is 5.92 Å². The molecule has 0 aliphatic carbocycles. The van der Waals surface area contributed by atoms with E-state index in [1.165, 1.54) is 77.0 Å². The van der Waals surface area contributed by atoms with Crippen molar-refractivity contribution < 1.29 is 34.8 Å². The highest BCUT2D eigenvalue weighted by atomic mass is 16.5. The summed E-state index contributed by atoms with van der Waals surface area (Å²) in [7, 11) is 0. The molecule has 0 aromatic rings. The second-order valence-electron chi connectivity index (χ2n) is 9.70. The Morgan fingerprint density at radius 1 is 0.706 bits per heavy atom. The second-order valence-corrected chi connectivity index (χ2v) is 9.70. The number of rotatable bonds is 24. The second kappa shape index (κ2) is 22.4. The molecule has 7 nitrogen and oxygen atoms in total. The van der Waals surface area contributed by atoms with Gasteiger partial charge in [0, 0.05) is 6.42 Å². The Bertz CT molecular complexity index is 497. The van der Waals surface area contributed by atoms with E-state index >= 15 is 0 Å². The molecule has 0 amide bonds. The lowest BCUT2D eigenvalue weighted by molar-refractivity contribution is -0.155. The summed E-state index contributed by atoms with van der Waals surface area (Å²) in [6, 6.07) is 0. The molecule has 0 saturated carbocycles. The summed E-state index contributed by atoms with van der Waals surface area (Å²) in [5, 5.41) is 37.5. The zero-order valence-corrected chi connectivity index (χ0v) is 21.8. The van der Waals surface area contributed by atoms with Gasteiger partial charge in [-0.2, -0.15) is 0 Å². The Hall–Kier alpha value is -1.02. The number of carbonyl (C=O) groups is 2. The van der Waals surface area contributed by atoms with Crippen molar-refractivity contribution in [3.63, 3.8) is 0 Å². The molecule has 0 radical (unpaired) electrons. The monoisotopic (exact) mass is 488 g/mol. The van der Waals surface area contributed by atoms with Crippen LogP contribution in [-0.2, 0) is 14.3 Å². The first kappa shape index (κ1) is 33.0. The first-order chi connectivity index (χ1) is 16.4. The fourth-order valence-electron chi connectivity index (χ4n) is 4.17. The molecular weight excluding hydrogens is 436 g/mol. The zero-order chi connectivity index (χ0) is 25.6. The molecule has 0 aromatic heterocycles. The maximum atomic E-state index is 12.3. The first-order valence-corrected chi connectivity index (χ1v) is 13.7. The van der Waals surface area contributed by atoms with Crippen molar-refractivity contribution in [2.75, 3.05) is 13.2 Å². The maximum absolute atomic E-state index is 12.3. The number of hydrogen-bond acceptors (Lipinski definition) is 7. The molecule has 0 aromatic carbocycles. The zero-order valence-electron chi connectivity index (χ0n) is 21.8. The van der Waals surface area contributed by atoms with E-state index in [9.17, 15) is 24.9 Å². The van der Waals surface area contributed by atoms with E-state index in [4.69, 9.17) is 9.84 Å². The minimum absolute atomic E-state index is 0.223. The van der Waals surface area contributed by atoms with Crippen LogP contribution >= 0.6 is 0 Å². The Morgan fingerprint density at radius 3 is 1.59 bits per heavy atom. The SMILES string of the molecule is CCCCCCCCCCC(CCCCCCCC)CC(=O)OCC(=O)[C@H](O)[C@@H](O)[C@H](O)CO. The largest absolute Gasteiger partial charge is 0.458 e. The van der Waals surface area contributed by atoms with E-state index in [0.717, 1.165) is 25.7 Å². The van der Waals surface area contributed by atoms with Crippen LogP contribution in [0.2, 0.25) is 0 Å². The van der Waals surface area contributed by atoms with Gasteiger partial charge in [-0.1, -0.05) is 104 Å². The van der Waals surface area contributed by atoms with Gasteiger partial charge in [-0.3, -0.25) is 9.59 Å². The lowest BCUT2D eigenvalue weighted by Crippen LogP contribution is -2.45. The third-order valence-corrected chi connectivity index (χ3v) is 6.50. The van der Waals surface area contributed by atoms with Crippen molar-refractivity contribution in [1.29, 1.82) is 0 Å². The minimum atomic E-state index is -1.91. The molecule has 1 unspecified atom stereocenters. The van der Waals surface area contributed by atoms with Gasteiger partial charge in [0.05, 0.1) is 6.61 Å². The lowest BCUT2D eigenvalue weighted by Gasteiger charge is -2.20. The van der Waals surface area contributed by atoms with Gasteiger partial charge in [0.15, 0.2) is 6.61 Å². The summed E-state index contributed by atoms with van der Waals surface area (Å²) in [5.41, 5.74) is 0. The number of aliphatic hydroxyl groups is 4. The summed E-state index contributed by atoms with van der Waals surface area (Å²) < 4.78 is 5.06. The quantitative estimate of drug-likeness (QED) is 0.117. The Balaban J connectivity index is 4.41. The number of aliphatic hydroxyl groups excluding tert-OH is 4. The maximum Gasteiger partial charge on any atom is 0.306 e. The minimum Gasteiger partial charge on any atom is -0.458 e. The molecule has 0 bridgehead atoms. The van der Waals surface area contributed by atoms with Crippen molar-refractivity contribution in [3.8, 4) is 0 Å². The molecule has 0 saturated heterocycles. The van der Waals surface area contributed by atoms with E-state index in [0.29, 0.717) is 0 Å². The van der Waals surface area contributed by atoms with Crippen molar-refractivity contribution in [1.82, 2.24) is 0 Å². The van der Waals surface area contributed by atoms with Crippen LogP contribution in [-0.4, -0.2) is 63.7 Å². The number of ketones is 1. The number of unbranched alkanes of at least 4 members (excludes halogenated alkanes) is 12. The summed E-state index contributed by atoms with van der Waals surface area (Å²) in [5.74, 6) is -1.15. The number of Topliss-reactive ketones (excluding diaryl/α,β-unsaturated/α-hetero) is 1. The molecule has 0 heterocycles. The molecule has 4 N–H and O–H groups in total. The summed E-state index contributed by atoms with van der Waals surface area (Å²) in [4.78, 5) is 24.3. The molecule has 34 heavy (non-hydrogen) atoms. The third-order valence-electron chi connectivity index (χ3n) is 6.50. The van der Waals surface area contributed by atoms with Gasteiger partial charge in [-0.15, -0.1) is 0 Å². The van der Waals surface area contributed by atoms with Gasteiger partial charge in [-0.05, 0) is 18.8 Å². The van der Waals surface area contributed by atoms with Crippen LogP contribution in [0.4, 0.5) is 0 Å². The van der Waals surface area contributed by atoms with Gasteiger partial charge in [0.1, 0.15) is 18.3 Å². The molecule has 0 aliphatic heterocycles. The van der Waals surface area contributed by atoms with E-state index in [-0.39, 0.29) is 12.3 Å². The van der Waals surface area contributed by atoms with Crippen LogP contribution in [0.15, 0.2) is 0 Å². The highest BCUT2D eigenvalue weighted by Gasteiger charge is 2.30. The van der Waals surface area contributed by atoms with Gasteiger partial charge < -0.3 is 25.2 Å². The highest BCUT2D eigenvalue weighted by Crippen LogP contribution is 2.23. The van der Waals surface area contributed by atoms with Crippen LogP contribution in [0.5, 0.6) is 0 Å². The average Bonchev–Trinajstić information content (AvgIpc) is 2.84. The van der Waals surface area contributed by atoms with Gasteiger partial charge in [0.25, 0.3) is 0 Å². The molecule has 0 fully saturated rings. The topological polar surface area (TPSA) is 124 Å². The van der Waals surface area contributed by atoms with Crippen molar-refractivity contribution in [3.05, 3.63) is 0 Å². The summed E-state index contributed by atoms with van der Waals surface area (Å²) in [6.45, 7) is 2.98. The average molecular weight is 489 g/mol. The first-order valence-electron chi connectivity index (χ1n) is 13.7. The van der Waals surface area contributed by atoms with Crippen LogP contribution in [0.1, 0.15) is 123 Å². The summed E-state index contributed by atoms with van der Waals surface area (Å²) in [6.07, 6.45) is 13.9. The Kier molecular flexibility index (Phi) is 21.8. The van der Waals surface area contributed by atoms with Crippen molar-refractivity contribution >= 4 is 11.8 Å². The van der Waals surface area contributed by atoms with Gasteiger partial charge in [-0.25, -0.2) is 0 Å². The smallest absolute Gasteiger partial charge is 0.306 e. The van der Waals surface area contributed by atoms with E-state index in [1.807, 2.05) is 0 Å². The Morgan fingerprint density at radius 2 is 1.15 bits per heavy atom. The highest BCUT2D eigenvalue weighted by molar-refractivity contribution is 5.86. The Labute approximate surface area is 207 Å². The molecular formula is C27H52O7. The normalized spacial score (nSPS) is 15.0. The van der Waals surface area contributed by atoms with Crippen LogP contribution in [0.3, 0.4) is 0 Å². The third kappa shape index (κ3) is 17.4. The van der Waals surface area contributed by atoms with Gasteiger partial charge >= 0.3 is 5.97 Å². The van der Waals surface area contributed by atoms with E-state index < -0.39 is 43.3 Å². The summed E-state index contributed by atoms with van der Waals surface area (Å²) >= 11 is 0. The van der Waals surface area contributed by atoms with Crippen LogP contribution < -0.4 is 0 Å². The fourth-order valence-corrected chi connectivity index (χ4v) is 4.17. The number of carbonyl (C=O) groups excluding carboxylic acids is 2. The molecule has 202 valence electrons. The molecule has 7 heteroatoms. The molecule has 4 atom stereocenters. The standard InChI is InChI=1S/C27H52O7/c1-3-5-7-9-11-12-14-16-18-22(17-15-13-10-8-6-4-2)19-25(31)34-21-24(30)27(33)26(32)23(29)20-28/h22-23,26-29,32-33H,3-21H2,1-2H3/t22?,23-,26+,27+/m1/s1. The fraction of sp³-hybridized carbons (Fsp3) is 0.926. The van der Waals surface area contributed by atoms with Crippen LogP contribution in [0.25, 0.3) is 0 Å². The predicted octanol–water partition coefficient (Wildman–Crippen LogP) is 4.46. The molecule has 0 spiro atoms. The van der Waals surface area contributed by atoms with Crippen LogP contribution in [0, 0.1) is 5.92 Å². The lowest BCUT2D eigenvalue weighted by atomic mass is 9.91. The van der Waals surface area contributed by atoms with Gasteiger partial charge in [0.2, 0.25) is 5.78 Å². The number of ether oxygens (including phenoxy) is 1. The molecule has 0 aliphatic rings. The number of hydrogen-bond donors (Lipinski definition) is 4.